The minimum absolute atomic E-state index is 0.0708. The Kier molecular flexibility index (Phi) is 4.41. The van der Waals surface area contributed by atoms with Gasteiger partial charge in [0.15, 0.2) is 5.96 Å². The quantitative estimate of drug-likeness (QED) is 0.216. The van der Waals surface area contributed by atoms with Gasteiger partial charge in [-0.1, -0.05) is 0 Å². The molecule has 1 fully saturated rings. The molecule has 0 amide bonds. The topological polar surface area (TPSA) is 114 Å². The molecule has 24 heavy (non-hydrogen) atoms. The van der Waals surface area contributed by atoms with Crippen LogP contribution < -0.4 is 10.1 Å². The Morgan fingerprint density at radius 3 is 3.08 bits per heavy atom. The van der Waals surface area contributed by atoms with E-state index in [1.807, 2.05) is 4.90 Å². The predicted octanol–water partition coefficient (Wildman–Crippen LogP) is 0.795. The zero-order chi connectivity index (χ0) is 17.1. The van der Waals surface area contributed by atoms with Gasteiger partial charge in [-0.3, -0.25) is 19.9 Å². The van der Waals surface area contributed by atoms with Crippen molar-refractivity contribution in [1.29, 1.82) is 0 Å². The average Bonchev–Trinajstić information content (AvgIpc) is 2.61. The molecular weight excluding hydrogens is 316 g/mol. The minimum Gasteiger partial charge on any atom is -0.421 e. The number of fused-ring (bicyclic) bond motifs is 1. The van der Waals surface area contributed by atoms with Crippen molar-refractivity contribution in [2.45, 2.75) is 18.9 Å². The summed E-state index contributed by atoms with van der Waals surface area (Å²) in [5.74, 6) is -0.127. The van der Waals surface area contributed by atoms with Crippen LogP contribution >= 0.6 is 0 Å². The van der Waals surface area contributed by atoms with Crippen molar-refractivity contribution in [1.82, 2.24) is 10.2 Å². The molecule has 9 nitrogen and oxygen atoms in total. The molecule has 1 aromatic carbocycles. The van der Waals surface area contributed by atoms with Gasteiger partial charge in [0.2, 0.25) is 6.29 Å². The van der Waals surface area contributed by atoms with E-state index in [1.54, 1.807) is 0 Å². The van der Waals surface area contributed by atoms with Crippen LogP contribution in [0.3, 0.4) is 0 Å². The number of carbonyl (C=O) groups is 2. The van der Waals surface area contributed by atoms with Crippen LogP contribution in [0, 0.1) is 10.1 Å². The fourth-order valence-electron chi connectivity index (χ4n) is 3.02. The van der Waals surface area contributed by atoms with E-state index < -0.39 is 10.9 Å². The summed E-state index contributed by atoms with van der Waals surface area (Å²) in [6, 6.07) is 3.80. The fraction of sp³-hybridized carbons (Fsp3) is 0.400. The molecule has 3 rings (SSSR count). The number of nitro groups is 1. The number of benzene rings is 1. The lowest BCUT2D eigenvalue weighted by molar-refractivity contribution is -0.385. The molecule has 1 atom stereocenters. The Labute approximate surface area is 137 Å². The minimum atomic E-state index is -1.04. The largest absolute Gasteiger partial charge is 0.421 e. The number of aliphatic imine (C=N–C) groups is 1. The van der Waals surface area contributed by atoms with Crippen molar-refractivity contribution in [3.05, 3.63) is 33.9 Å². The van der Waals surface area contributed by atoms with Gasteiger partial charge in [-0.2, -0.15) is 0 Å². The molecule has 1 aromatic rings. The Morgan fingerprint density at radius 2 is 2.33 bits per heavy atom. The van der Waals surface area contributed by atoms with Gasteiger partial charge < -0.3 is 15.0 Å². The Hall–Kier alpha value is -2.97. The van der Waals surface area contributed by atoms with E-state index >= 15 is 0 Å². The second-order valence-corrected chi connectivity index (χ2v) is 5.50. The highest BCUT2D eigenvalue weighted by Gasteiger charge is 2.32. The highest BCUT2D eigenvalue weighted by atomic mass is 16.6. The molecule has 2 heterocycles. The second kappa shape index (κ2) is 6.65. The lowest BCUT2D eigenvalue weighted by Crippen LogP contribution is -2.51. The van der Waals surface area contributed by atoms with Crippen molar-refractivity contribution in [2.75, 3.05) is 19.6 Å². The van der Waals surface area contributed by atoms with E-state index in [0.29, 0.717) is 18.5 Å². The maximum Gasteiger partial charge on any atom is 0.376 e. The summed E-state index contributed by atoms with van der Waals surface area (Å²) >= 11 is 0. The monoisotopic (exact) mass is 332 g/mol. The number of aldehydes is 1. The second-order valence-electron chi connectivity index (χ2n) is 5.50. The molecule has 0 spiro atoms. The summed E-state index contributed by atoms with van der Waals surface area (Å²) < 4.78 is 5.05. The summed E-state index contributed by atoms with van der Waals surface area (Å²) in [4.78, 5) is 39.0. The molecule has 0 radical (unpaired) electrons. The maximum absolute atomic E-state index is 11.3. The van der Waals surface area contributed by atoms with Gasteiger partial charge >= 0.3 is 5.97 Å². The first kappa shape index (κ1) is 15.9. The van der Waals surface area contributed by atoms with Gasteiger partial charge in [0.1, 0.15) is 5.75 Å². The van der Waals surface area contributed by atoms with E-state index in [2.05, 4.69) is 10.3 Å². The van der Waals surface area contributed by atoms with Crippen LogP contribution in [-0.2, 0) is 9.59 Å². The van der Waals surface area contributed by atoms with Crippen molar-refractivity contribution >= 4 is 23.9 Å². The molecule has 0 aliphatic carbocycles. The van der Waals surface area contributed by atoms with Gasteiger partial charge in [0, 0.05) is 37.3 Å². The lowest BCUT2D eigenvalue weighted by Gasteiger charge is -2.41. The number of hydrogen-bond acceptors (Lipinski definition) is 8. The SMILES string of the molecule is O=CC(=O)Oc1ccc([N+](=O)[O-])cc1C1CCNC2=NCCCN21. The first-order chi connectivity index (χ1) is 11.6. The van der Waals surface area contributed by atoms with Crippen molar-refractivity contribution in [2.24, 2.45) is 4.99 Å². The molecule has 1 N–H and O–H groups in total. The normalized spacial score (nSPS) is 19.6. The molecule has 0 bridgehead atoms. The van der Waals surface area contributed by atoms with E-state index in [9.17, 15) is 19.7 Å². The maximum atomic E-state index is 11.3. The van der Waals surface area contributed by atoms with E-state index in [1.165, 1.54) is 18.2 Å². The third kappa shape index (κ3) is 3.05. The summed E-state index contributed by atoms with van der Waals surface area (Å²) in [5.41, 5.74) is 0.417. The Morgan fingerprint density at radius 1 is 1.50 bits per heavy atom. The number of guanidine groups is 1. The Balaban J connectivity index is 2.02. The molecule has 0 saturated carbocycles. The van der Waals surface area contributed by atoms with E-state index in [0.717, 1.165) is 25.5 Å². The number of nitro benzene ring substituents is 1. The molecule has 1 saturated heterocycles. The summed E-state index contributed by atoms with van der Waals surface area (Å²) in [6.07, 6.45) is 1.62. The highest BCUT2D eigenvalue weighted by molar-refractivity contribution is 6.21. The summed E-state index contributed by atoms with van der Waals surface area (Å²) in [5, 5.41) is 14.3. The molecule has 2 aliphatic heterocycles. The van der Waals surface area contributed by atoms with Crippen LogP contribution in [0.5, 0.6) is 5.75 Å². The smallest absolute Gasteiger partial charge is 0.376 e. The predicted molar refractivity (Wildman–Crippen MR) is 83.8 cm³/mol. The fourth-order valence-corrected chi connectivity index (χ4v) is 3.02. The number of nitrogens with one attached hydrogen (secondary N) is 1. The number of nitrogens with zero attached hydrogens (tertiary/aromatic N) is 3. The van der Waals surface area contributed by atoms with Crippen molar-refractivity contribution in [3.63, 3.8) is 0 Å². The van der Waals surface area contributed by atoms with Gasteiger partial charge in [-0.05, 0) is 18.9 Å². The molecule has 126 valence electrons. The van der Waals surface area contributed by atoms with Crippen molar-refractivity contribution < 1.29 is 19.2 Å². The Bertz CT molecular complexity index is 718. The van der Waals surface area contributed by atoms with Crippen LogP contribution in [0.1, 0.15) is 24.4 Å². The van der Waals surface area contributed by atoms with Crippen LogP contribution in [0.15, 0.2) is 23.2 Å². The number of carbonyl (C=O) groups excluding carboxylic acids is 2. The van der Waals surface area contributed by atoms with Crippen LogP contribution in [-0.4, -0.2) is 47.7 Å². The van der Waals surface area contributed by atoms with Crippen LogP contribution in [0.25, 0.3) is 0 Å². The molecule has 2 aliphatic rings. The first-order valence-corrected chi connectivity index (χ1v) is 7.60. The highest BCUT2D eigenvalue weighted by Crippen LogP contribution is 2.36. The third-order valence-electron chi connectivity index (χ3n) is 4.04. The molecule has 0 aromatic heterocycles. The number of esters is 1. The zero-order valence-corrected chi connectivity index (χ0v) is 12.8. The molecule has 1 unspecified atom stereocenters. The number of ether oxygens (including phenoxy) is 1. The lowest BCUT2D eigenvalue weighted by atomic mass is 9.98. The van der Waals surface area contributed by atoms with E-state index in [-0.39, 0.29) is 23.8 Å². The van der Waals surface area contributed by atoms with E-state index in [4.69, 9.17) is 4.74 Å². The molecular formula is C15H16N4O5. The number of rotatable bonds is 4. The first-order valence-electron chi connectivity index (χ1n) is 7.60. The van der Waals surface area contributed by atoms with Gasteiger partial charge in [0.05, 0.1) is 11.0 Å². The third-order valence-corrected chi connectivity index (χ3v) is 4.04. The van der Waals surface area contributed by atoms with Crippen LogP contribution in [0.2, 0.25) is 0 Å². The summed E-state index contributed by atoms with van der Waals surface area (Å²) in [7, 11) is 0. The van der Waals surface area contributed by atoms with Gasteiger partial charge in [0.25, 0.3) is 5.69 Å². The number of non-ortho nitro benzene ring substituents is 1. The molecule has 9 heteroatoms. The zero-order valence-electron chi connectivity index (χ0n) is 12.8. The standard InChI is InChI=1S/C15H16N4O5/c20-9-14(21)24-13-3-2-10(19(22)23)8-11(13)12-4-6-17-15-16-5-1-7-18(12)15/h2-3,8-9,12H,1,4-7H2,(H,16,17). The average molecular weight is 332 g/mol. The van der Waals surface area contributed by atoms with Gasteiger partial charge in [-0.15, -0.1) is 0 Å². The van der Waals surface area contributed by atoms with Gasteiger partial charge in [-0.25, -0.2) is 4.79 Å². The number of hydrogen-bond donors (Lipinski definition) is 1. The van der Waals surface area contributed by atoms with Crippen LogP contribution in [0.4, 0.5) is 5.69 Å². The summed E-state index contributed by atoms with van der Waals surface area (Å²) in [6.45, 7) is 2.14. The van der Waals surface area contributed by atoms with Crippen molar-refractivity contribution in [3.8, 4) is 5.75 Å².